The first kappa shape index (κ1) is 21.3. The third-order valence-corrected chi connectivity index (χ3v) is 5.60. The molecule has 0 bridgehead atoms. The van der Waals surface area contributed by atoms with E-state index in [-0.39, 0.29) is 0 Å². The van der Waals surface area contributed by atoms with Gasteiger partial charge in [0.15, 0.2) is 0 Å². The van der Waals surface area contributed by atoms with Crippen LogP contribution in [0, 0.1) is 6.92 Å². The monoisotopic (exact) mass is 454 g/mol. The number of carbonyl (C=O) groups excluding carboxylic acids is 1. The predicted octanol–water partition coefficient (Wildman–Crippen LogP) is 4.37. The van der Waals surface area contributed by atoms with E-state index in [2.05, 4.69) is 20.6 Å². The molecule has 0 radical (unpaired) electrons. The van der Waals surface area contributed by atoms with Crippen molar-refractivity contribution in [3.05, 3.63) is 71.8 Å². The molecule has 34 heavy (non-hydrogen) atoms. The number of fused-ring (bicyclic) bond motifs is 1. The van der Waals surface area contributed by atoms with Crippen molar-refractivity contribution in [2.45, 2.75) is 13.8 Å². The van der Waals surface area contributed by atoms with Crippen LogP contribution in [0.25, 0.3) is 39.2 Å². The Morgan fingerprint density at radius 3 is 2.47 bits per heavy atom. The number of imidazole rings is 1. The number of methoxy groups -OCH3 is 1. The van der Waals surface area contributed by atoms with E-state index in [1.54, 1.807) is 6.07 Å². The number of aromatic amines is 1. The highest BCUT2D eigenvalue weighted by molar-refractivity contribution is 6.04. The van der Waals surface area contributed by atoms with Gasteiger partial charge in [0.2, 0.25) is 5.82 Å². The number of hydrogen-bond donors (Lipinski definition) is 1. The zero-order chi connectivity index (χ0) is 23.7. The fourth-order valence-corrected chi connectivity index (χ4v) is 4.03. The second-order valence-corrected chi connectivity index (χ2v) is 7.61. The lowest BCUT2D eigenvalue weighted by Crippen LogP contribution is -2.07. The molecule has 0 aliphatic rings. The Morgan fingerprint density at radius 2 is 1.79 bits per heavy atom. The molecule has 2 heterocycles. The van der Waals surface area contributed by atoms with Crippen LogP contribution in [0.1, 0.15) is 22.8 Å². The van der Waals surface area contributed by atoms with E-state index in [1.807, 2.05) is 73.0 Å². The van der Waals surface area contributed by atoms with Gasteiger partial charge < -0.3 is 9.47 Å². The van der Waals surface area contributed by atoms with E-state index >= 15 is 0 Å². The van der Waals surface area contributed by atoms with E-state index in [0.717, 1.165) is 27.9 Å². The average Bonchev–Trinajstić information content (AvgIpc) is 3.53. The number of aryl methyl sites for hydroxylation is 1. The molecule has 9 nitrogen and oxygen atoms in total. The minimum absolute atomic E-state index is 0.414. The normalized spacial score (nSPS) is 11.0. The maximum absolute atomic E-state index is 12.6. The Bertz CT molecular complexity index is 1470. The van der Waals surface area contributed by atoms with Crippen LogP contribution in [0.15, 0.2) is 60.7 Å². The first-order valence-electron chi connectivity index (χ1n) is 10.8. The molecule has 0 spiro atoms. The van der Waals surface area contributed by atoms with E-state index in [0.29, 0.717) is 35.0 Å². The fourth-order valence-electron chi connectivity index (χ4n) is 4.03. The Hall–Kier alpha value is -4.53. The molecule has 5 aromatic rings. The summed E-state index contributed by atoms with van der Waals surface area (Å²) in [6, 6.07) is 19.8. The van der Waals surface area contributed by atoms with Gasteiger partial charge in [-0.3, -0.25) is 4.57 Å². The lowest BCUT2D eigenvalue weighted by Gasteiger charge is -2.13. The molecule has 0 amide bonds. The minimum Gasteiger partial charge on any atom is -0.465 e. The Kier molecular flexibility index (Phi) is 5.51. The zero-order valence-electron chi connectivity index (χ0n) is 18.9. The molecule has 2 aromatic heterocycles. The summed E-state index contributed by atoms with van der Waals surface area (Å²) in [7, 11) is 1.37. The highest BCUT2D eigenvalue weighted by atomic mass is 16.5. The highest BCUT2D eigenvalue weighted by Crippen LogP contribution is 2.34. The Morgan fingerprint density at radius 1 is 1.03 bits per heavy atom. The van der Waals surface area contributed by atoms with Crippen LogP contribution in [0.3, 0.4) is 0 Å². The molecular weight excluding hydrogens is 432 g/mol. The summed E-state index contributed by atoms with van der Waals surface area (Å²) in [5.74, 6) is 0.0944. The minimum atomic E-state index is -0.431. The zero-order valence-corrected chi connectivity index (χ0v) is 18.9. The number of benzene rings is 3. The molecule has 0 aliphatic heterocycles. The smallest absolute Gasteiger partial charge is 0.340 e. The molecule has 0 saturated heterocycles. The van der Waals surface area contributed by atoms with Crippen molar-refractivity contribution in [1.82, 2.24) is 30.2 Å². The standard InChI is InChI=1S/C25H22N6O3/c1-4-34-25-26-21-15(2)9-14-20(24(32)33-3)22(21)31(25)17-12-10-16(11-13-17)18-7-5-6-8-19(18)23-27-29-30-28-23/h5-14H,4H2,1-3H3,(H,27,28,29,30). The number of carbonyl (C=O) groups is 1. The molecule has 0 aliphatic carbocycles. The topological polar surface area (TPSA) is 108 Å². The second kappa shape index (κ2) is 8.78. The van der Waals surface area contributed by atoms with Crippen LogP contribution >= 0.6 is 0 Å². The largest absolute Gasteiger partial charge is 0.465 e. The molecule has 5 rings (SSSR count). The summed E-state index contributed by atoms with van der Waals surface area (Å²) in [5, 5.41) is 14.4. The van der Waals surface area contributed by atoms with Gasteiger partial charge in [-0.2, -0.15) is 10.2 Å². The van der Waals surface area contributed by atoms with Crippen molar-refractivity contribution >= 4 is 17.0 Å². The Labute approximate surface area is 195 Å². The molecular formula is C25H22N6O3. The van der Waals surface area contributed by atoms with Gasteiger partial charge in [-0.1, -0.05) is 42.5 Å². The molecule has 0 unspecified atom stereocenters. The Balaban J connectivity index is 1.67. The van der Waals surface area contributed by atoms with Crippen molar-refractivity contribution < 1.29 is 14.3 Å². The van der Waals surface area contributed by atoms with Gasteiger partial charge in [-0.15, -0.1) is 10.2 Å². The van der Waals surface area contributed by atoms with Gasteiger partial charge in [0, 0.05) is 5.56 Å². The number of tetrazole rings is 1. The van der Waals surface area contributed by atoms with Crippen molar-refractivity contribution in [1.29, 1.82) is 0 Å². The summed E-state index contributed by atoms with van der Waals surface area (Å²) in [6.45, 7) is 4.29. The van der Waals surface area contributed by atoms with Crippen LogP contribution in [0.5, 0.6) is 6.01 Å². The summed E-state index contributed by atoms with van der Waals surface area (Å²) in [6.07, 6.45) is 0. The molecule has 0 atom stereocenters. The maximum Gasteiger partial charge on any atom is 0.340 e. The quantitative estimate of drug-likeness (QED) is 0.380. The van der Waals surface area contributed by atoms with E-state index < -0.39 is 5.97 Å². The lowest BCUT2D eigenvalue weighted by molar-refractivity contribution is 0.0602. The van der Waals surface area contributed by atoms with Crippen molar-refractivity contribution in [3.63, 3.8) is 0 Å². The number of aromatic nitrogens is 6. The lowest BCUT2D eigenvalue weighted by atomic mass is 9.99. The van der Waals surface area contributed by atoms with Gasteiger partial charge in [0.1, 0.15) is 0 Å². The molecule has 1 N–H and O–H groups in total. The number of hydrogen-bond acceptors (Lipinski definition) is 7. The summed E-state index contributed by atoms with van der Waals surface area (Å²) < 4.78 is 12.7. The number of H-pyrrole nitrogens is 1. The van der Waals surface area contributed by atoms with Crippen molar-refractivity contribution in [2.24, 2.45) is 0 Å². The molecule has 0 fully saturated rings. The third kappa shape index (κ3) is 3.57. The van der Waals surface area contributed by atoms with Gasteiger partial charge in [0.05, 0.1) is 36.0 Å². The first-order chi connectivity index (χ1) is 16.6. The third-order valence-electron chi connectivity index (χ3n) is 5.60. The summed E-state index contributed by atoms with van der Waals surface area (Å²) in [4.78, 5) is 17.2. The molecule has 9 heteroatoms. The molecule has 0 saturated carbocycles. The molecule has 170 valence electrons. The number of nitrogens with zero attached hydrogens (tertiary/aromatic N) is 5. The number of ether oxygens (including phenoxy) is 2. The van der Waals surface area contributed by atoms with Crippen molar-refractivity contribution in [3.8, 4) is 34.2 Å². The summed E-state index contributed by atoms with van der Waals surface area (Å²) >= 11 is 0. The van der Waals surface area contributed by atoms with Gasteiger partial charge in [-0.25, -0.2) is 4.79 Å². The van der Waals surface area contributed by atoms with Crippen LogP contribution in [0.2, 0.25) is 0 Å². The maximum atomic E-state index is 12.6. The van der Waals surface area contributed by atoms with E-state index in [9.17, 15) is 4.79 Å². The van der Waals surface area contributed by atoms with E-state index in [1.165, 1.54) is 7.11 Å². The average molecular weight is 454 g/mol. The predicted molar refractivity (Wildman–Crippen MR) is 127 cm³/mol. The second-order valence-electron chi connectivity index (χ2n) is 7.61. The van der Waals surface area contributed by atoms with Gasteiger partial charge in [0.25, 0.3) is 0 Å². The van der Waals surface area contributed by atoms with Crippen LogP contribution in [0.4, 0.5) is 0 Å². The van der Waals surface area contributed by atoms with Crippen LogP contribution in [-0.4, -0.2) is 49.9 Å². The van der Waals surface area contributed by atoms with Crippen molar-refractivity contribution in [2.75, 3.05) is 13.7 Å². The highest BCUT2D eigenvalue weighted by Gasteiger charge is 2.22. The summed E-state index contributed by atoms with van der Waals surface area (Å²) in [5.41, 5.74) is 6.34. The fraction of sp³-hybridized carbons (Fsp3) is 0.160. The SMILES string of the molecule is CCOc1nc2c(C)ccc(C(=O)OC)c2n1-c1ccc(-c2ccccc2-c2nn[nH]n2)cc1. The number of nitrogens with one attached hydrogen (secondary N) is 1. The van der Waals surface area contributed by atoms with Crippen LogP contribution < -0.4 is 4.74 Å². The number of esters is 1. The van der Waals surface area contributed by atoms with E-state index in [4.69, 9.17) is 14.5 Å². The van der Waals surface area contributed by atoms with Gasteiger partial charge in [-0.05, 0) is 54.0 Å². The van der Waals surface area contributed by atoms with Gasteiger partial charge >= 0.3 is 12.0 Å². The first-order valence-corrected chi connectivity index (χ1v) is 10.8. The van der Waals surface area contributed by atoms with Crippen LogP contribution in [-0.2, 0) is 4.74 Å². The number of rotatable bonds is 6. The molecule has 3 aromatic carbocycles.